The van der Waals surface area contributed by atoms with Crippen molar-refractivity contribution in [3.05, 3.63) is 135 Å². The van der Waals surface area contributed by atoms with E-state index in [9.17, 15) is 5.26 Å². The Hall–Kier alpha value is -5.12. The first-order chi connectivity index (χ1) is 21.4. The lowest BCUT2D eigenvalue weighted by Crippen LogP contribution is -2.00. The second kappa shape index (κ2) is 12.6. The van der Waals surface area contributed by atoms with Crippen LogP contribution in [0.5, 0.6) is 11.5 Å². The van der Waals surface area contributed by atoms with Crippen LogP contribution < -0.4 is 9.47 Å². The van der Waals surface area contributed by atoms with Gasteiger partial charge in [0.25, 0.3) is 0 Å². The molecule has 0 unspecified atom stereocenters. The summed E-state index contributed by atoms with van der Waals surface area (Å²) in [6.07, 6.45) is 1.67. The molecule has 0 radical (unpaired) electrons. The van der Waals surface area contributed by atoms with Gasteiger partial charge in [0.05, 0.1) is 11.6 Å². The molecule has 5 aromatic carbocycles. The van der Waals surface area contributed by atoms with Crippen molar-refractivity contribution in [1.82, 2.24) is 0 Å². The van der Waals surface area contributed by atoms with Crippen molar-refractivity contribution in [2.45, 2.75) is 20.5 Å². The van der Waals surface area contributed by atoms with Gasteiger partial charge in [0.15, 0.2) is 11.5 Å². The molecule has 6 aromatic rings. The maximum absolute atomic E-state index is 10.3. The molecule has 0 N–H and O–H groups in total. The van der Waals surface area contributed by atoms with Gasteiger partial charge in [0, 0.05) is 17.3 Å². The Balaban J connectivity index is 1.34. The van der Waals surface area contributed by atoms with Crippen molar-refractivity contribution in [3.63, 3.8) is 0 Å². The first-order valence-electron chi connectivity index (χ1n) is 14.2. The van der Waals surface area contributed by atoms with Gasteiger partial charge in [-0.05, 0) is 69.4 Å². The number of fused-ring (bicyclic) bond motifs is 1. The van der Waals surface area contributed by atoms with Crippen LogP contribution >= 0.6 is 15.9 Å². The molecule has 216 valence electrons. The first-order valence-corrected chi connectivity index (χ1v) is 15.0. The van der Waals surface area contributed by atoms with Crippen LogP contribution in [0.4, 0.5) is 5.88 Å². The monoisotopic (exact) mass is 640 g/mol. The van der Waals surface area contributed by atoms with Crippen LogP contribution in [0.25, 0.3) is 33.2 Å². The van der Waals surface area contributed by atoms with Crippen molar-refractivity contribution in [1.29, 1.82) is 5.26 Å². The standard InChI is InChI=1S/C38H29BrN2O3/c1-24-11-15-28(16-12-24)35-32(21-40)38(44-36(35)29-17-13-25(2)14-18-29)41-22-26-19-33(39)37(34(20-26)42-3)43-23-30-9-6-8-27-7-4-5-10-31(27)30/h4-20,22H,23H2,1-3H3. The van der Waals surface area contributed by atoms with Gasteiger partial charge in [0.2, 0.25) is 5.88 Å². The molecule has 0 bridgehead atoms. The van der Waals surface area contributed by atoms with Crippen LogP contribution in [-0.2, 0) is 6.61 Å². The van der Waals surface area contributed by atoms with Crippen LogP contribution in [-0.4, -0.2) is 13.3 Å². The zero-order valence-electron chi connectivity index (χ0n) is 24.6. The molecule has 0 saturated carbocycles. The van der Waals surface area contributed by atoms with Crippen molar-refractivity contribution in [3.8, 4) is 40.0 Å². The normalized spacial score (nSPS) is 11.2. The molecule has 5 nitrogen and oxygen atoms in total. The summed E-state index contributed by atoms with van der Waals surface area (Å²) >= 11 is 3.66. The summed E-state index contributed by atoms with van der Waals surface area (Å²) in [6.45, 7) is 4.45. The minimum Gasteiger partial charge on any atom is -0.493 e. The summed E-state index contributed by atoms with van der Waals surface area (Å²) in [5, 5.41) is 12.6. The Labute approximate surface area is 265 Å². The van der Waals surface area contributed by atoms with Crippen LogP contribution in [0.2, 0.25) is 0 Å². The predicted molar refractivity (Wildman–Crippen MR) is 180 cm³/mol. The number of furan rings is 1. The molecule has 0 aliphatic carbocycles. The van der Waals surface area contributed by atoms with Crippen molar-refractivity contribution in [2.24, 2.45) is 4.99 Å². The molecule has 6 heteroatoms. The molecule has 0 amide bonds. The highest BCUT2D eigenvalue weighted by Crippen LogP contribution is 2.43. The number of hydrogen-bond acceptors (Lipinski definition) is 5. The van der Waals surface area contributed by atoms with Crippen LogP contribution in [0, 0.1) is 25.2 Å². The lowest BCUT2D eigenvalue weighted by Gasteiger charge is -2.14. The number of hydrogen-bond donors (Lipinski definition) is 0. The maximum Gasteiger partial charge on any atom is 0.238 e. The van der Waals surface area contributed by atoms with E-state index < -0.39 is 0 Å². The van der Waals surface area contributed by atoms with E-state index in [4.69, 9.17) is 13.9 Å². The molecule has 0 aliphatic rings. The number of benzene rings is 5. The Bertz CT molecular complexity index is 2030. The molecule has 1 aromatic heterocycles. The van der Waals surface area contributed by atoms with Crippen LogP contribution in [0.15, 0.2) is 117 Å². The van der Waals surface area contributed by atoms with Gasteiger partial charge in [-0.25, -0.2) is 4.99 Å². The number of halogens is 1. The third-order valence-corrected chi connectivity index (χ3v) is 8.08. The highest BCUT2D eigenvalue weighted by molar-refractivity contribution is 9.10. The van der Waals surface area contributed by atoms with Crippen LogP contribution in [0.1, 0.15) is 27.8 Å². The fourth-order valence-electron chi connectivity index (χ4n) is 5.17. The maximum atomic E-state index is 10.3. The summed E-state index contributed by atoms with van der Waals surface area (Å²) in [7, 11) is 1.61. The molecular weight excluding hydrogens is 612 g/mol. The minimum absolute atomic E-state index is 0.241. The number of methoxy groups -OCH3 is 1. The summed E-state index contributed by atoms with van der Waals surface area (Å²) in [6, 6.07) is 36.6. The van der Waals surface area contributed by atoms with Crippen molar-refractivity contribution < 1.29 is 13.9 Å². The van der Waals surface area contributed by atoms with E-state index in [1.54, 1.807) is 13.3 Å². The van der Waals surface area contributed by atoms with Crippen molar-refractivity contribution in [2.75, 3.05) is 7.11 Å². The number of aliphatic imine (C=N–C) groups is 1. The lowest BCUT2D eigenvalue weighted by molar-refractivity contribution is 0.283. The van der Waals surface area contributed by atoms with E-state index in [2.05, 4.69) is 51.3 Å². The fourth-order valence-corrected chi connectivity index (χ4v) is 5.75. The average Bonchev–Trinajstić information content (AvgIpc) is 3.42. The van der Waals surface area contributed by atoms with Gasteiger partial charge < -0.3 is 13.9 Å². The smallest absolute Gasteiger partial charge is 0.238 e. The average molecular weight is 642 g/mol. The predicted octanol–water partition coefficient (Wildman–Crippen LogP) is 10.4. The molecule has 0 atom stereocenters. The Morgan fingerprint density at radius 2 is 1.55 bits per heavy atom. The zero-order valence-corrected chi connectivity index (χ0v) is 26.2. The SMILES string of the molecule is COc1cc(C=Nc2oc(-c3ccc(C)cc3)c(-c3ccc(C)cc3)c2C#N)cc(Br)c1OCc1cccc2ccccc12. The summed E-state index contributed by atoms with van der Waals surface area (Å²) in [4.78, 5) is 4.66. The van der Waals surface area contributed by atoms with Gasteiger partial charge in [0.1, 0.15) is 24.0 Å². The molecule has 44 heavy (non-hydrogen) atoms. The highest BCUT2D eigenvalue weighted by Gasteiger charge is 2.23. The van der Waals surface area contributed by atoms with Crippen molar-refractivity contribution >= 4 is 38.8 Å². The van der Waals surface area contributed by atoms with Gasteiger partial charge in [-0.3, -0.25) is 0 Å². The largest absolute Gasteiger partial charge is 0.493 e. The van der Waals surface area contributed by atoms with Gasteiger partial charge in [-0.15, -0.1) is 0 Å². The number of aryl methyl sites for hydroxylation is 2. The second-order valence-corrected chi connectivity index (χ2v) is 11.4. The molecule has 0 saturated heterocycles. The van der Waals surface area contributed by atoms with Gasteiger partial charge >= 0.3 is 0 Å². The van der Waals surface area contributed by atoms with E-state index in [1.165, 1.54) is 0 Å². The molecule has 0 spiro atoms. The summed E-state index contributed by atoms with van der Waals surface area (Å²) < 4.78 is 19.0. The number of ether oxygens (including phenoxy) is 2. The lowest BCUT2D eigenvalue weighted by atomic mass is 9.97. The summed E-state index contributed by atoms with van der Waals surface area (Å²) in [5.74, 6) is 2.00. The topological polar surface area (TPSA) is 67.8 Å². The molecule has 0 fully saturated rings. The quantitative estimate of drug-likeness (QED) is 0.155. The van der Waals surface area contributed by atoms with E-state index in [0.29, 0.717) is 29.4 Å². The van der Waals surface area contributed by atoms with Gasteiger partial charge in [-0.2, -0.15) is 5.26 Å². The molecule has 6 rings (SSSR count). The Morgan fingerprint density at radius 1 is 0.864 bits per heavy atom. The van der Waals surface area contributed by atoms with E-state index in [1.807, 2.05) is 92.7 Å². The Kier molecular flexibility index (Phi) is 8.31. The summed E-state index contributed by atoms with van der Waals surface area (Å²) in [5.41, 5.74) is 6.97. The van der Waals surface area contributed by atoms with E-state index >= 15 is 0 Å². The molecular formula is C38H29BrN2O3. The van der Waals surface area contributed by atoms with E-state index in [0.717, 1.165) is 54.2 Å². The van der Waals surface area contributed by atoms with E-state index in [-0.39, 0.29) is 5.88 Å². The molecule has 0 aliphatic heterocycles. The fraction of sp³-hybridized carbons (Fsp3) is 0.105. The minimum atomic E-state index is 0.241. The van der Waals surface area contributed by atoms with Crippen LogP contribution in [0.3, 0.4) is 0 Å². The highest BCUT2D eigenvalue weighted by atomic mass is 79.9. The zero-order chi connectivity index (χ0) is 30.6. The number of nitrogens with zero attached hydrogens (tertiary/aromatic N) is 2. The number of nitriles is 1. The third kappa shape index (κ3) is 5.88. The molecule has 1 heterocycles. The number of rotatable bonds is 8. The van der Waals surface area contributed by atoms with Gasteiger partial charge in [-0.1, -0.05) is 102 Å². The third-order valence-electron chi connectivity index (χ3n) is 7.49. The second-order valence-electron chi connectivity index (χ2n) is 10.5. The first kappa shape index (κ1) is 29.0. The Morgan fingerprint density at radius 3 is 2.25 bits per heavy atom.